The minimum absolute atomic E-state index is 0.213. The molecule has 0 spiro atoms. The standard InChI is InChI=1S/C11H15ClN2O2S/c1-9-10(8-12)2-3-11(13-9)14-4-6-17(15,16)7-5-14/h2-3H,4-8H2,1H3. The van der Waals surface area contributed by atoms with Gasteiger partial charge in [-0.25, -0.2) is 13.4 Å². The molecule has 17 heavy (non-hydrogen) atoms. The third kappa shape index (κ3) is 2.90. The molecule has 0 aromatic carbocycles. The Balaban J connectivity index is 2.16. The fourth-order valence-electron chi connectivity index (χ4n) is 1.84. The molecule has 1 aliphatic rings. The van der Waals surface area contributed by atoms with Gasteiger partial charge < -0.3 is 4.90 Å². The van der Waals surface area contributed by atoms with Crippen molar-refractivity contribution in [3.8, 4) is 0 Å². The second-order valence-electron chi connectivity index (χ2n) is 4.19. The Kier molecular flexibility index (Phi) is 3.58. The first-order chi connectivity index (χ1) is 8.02. The first kappa shape index (κ1) is 12.6. The lowest BCUT2D eigenvalue weighted by molar-refractivity contribution is 0.586. The van der Waals surface area contributed by atoms with Gasteiger partial charge in [-0.2, -0.15) is 0 Å². The maximum Gasteiger partial charge on any atom is 0.153 e. The van der Waals surface area contributed by atoms with Crippen LogP contribution in [0.3, 0.4) is 0 Å². The Morgan fingerprint density at radius 1 is 1.35 bits per heavy atom. The van der Waals surface area contributed by atoms with Crippen molar-refractivity contribution < 1.29 is 8.42 Å². The number of rotatable bonds is 2. The van der Waals surface area contributed by atoms with Crippen molar-refractivity contribution >= 4 is 27.3 Å². The number of anilines is 1. The maximum absolute atomic E-state index is 11.3. The lowest BCUT2D eigenvalue weighted by Gasteiger charge is -2.28. The predicted octanol–water partition coefficient (Wildman–Crippen LogP) is 1.36. The van der Waals surface area contributed by atoms with E-state index in [9.17, 15) is 8.42 Å². The van der Waals surface area contributed by atoms with Crippen LogP contribution in [-0.2, 0) is 15.7 Å². The van der Waals surface area contributed by atoms with Gasteiger partial charge >= 0.3 is 0 Å². The summed E-state index contributed by atoms with van der Waals surface area (Å²) in [5, 5.41) is 0. The molecule has 0 bridgehead atoms. The van der Waals surface area contributed by atoms with Crippen molar-refractivity contribution in [3.63, 3.8) is 0 Å². The molecule has 2 heterocycles. The Morgan fingerprint density at radius 2 is 2.00 bits per heavy atom. The van der Waals surface area contributed by atoms with Gasteiger partial charge in [0.2, 0.25) is 0 Å². The Morgan fingerprint density at radius 3 is 2.53 bits per heavy atom. The molecule has 1 aliphatic heterocycles. The third-order valence-corrected chi connectivity index (χ3v) is 4.89. The average molecular weight is 275 g/mol. The van der Waals surface area contributed by atoms with Gasteiger partial charge in [0.15, 0.2) is 9.84 Å². The topological polar surface area (TPSA) is 50.3 Å². The summed E-state index contributed by atoms with van der Waals surface area (Å²) >= 11 is 5.77. The number of halogens is 1. The molecule has 1 fully saturated rings. The largest absolute Gasteiger partial charge is 0.355 e. The zero-order chi connectivity index (χ0) is 12.5. The van der Waals surface area contributed by atoms with Crippen molar-refractivity contribution in [1.29, 1.82) is 0 Å². The number of hydrogen-bond acceptors (Lipinski definition) is 4. The first-order valence-electron chi connectivity index (χ1n) is 5.50. The van der Waals surface area contributed by atoms with Gasteiger partial charge in [0.25, 0.3) is 0 Å². The normalized spacial score (nSPS) is 19.3. The molecule has 0 aliphatic carbocycles. The van der Waals surface area contributed by atoms with E-state index in [1.165, 1.54) is 0 Å². The minimum atomic E-state index is -2.84. The molecule has 0 unspecified atom stereocenters. The molecular formula is C11H15ClN2O2S. The molecule has 0 radical (unpaired) electrons. The second-order valence-corrected chi connectivity index (χ2v) is 6.76. The monoisotopic (exact) mass is 274 g/mol. The highest BCUT2D eigenvalue weighted by Crippen LogP contribution is 2.18. The summed E-state index contributed by atoms with van der Waals surface area (Å²) in [6.07, 6.45) is 0. The van der Waals surface area contributed by atoms with Crippen LogP contribution in [0.1, 0.15) is 11.3 Å². The SMILES string of the molecule is Cc1nc(N2CCS(=O)(=O)CC2)ccc1CCl. The van der Waals surface area contributed by atoms with E-state index < -0.39 is 9.84 Å². The molecule has 4 nitrogen and oxygen atoms in total. The number of pyridine rings is 1. The molecular weight excluding hydrogens is 260 g/mol. The molecule has 0 N–H and O–H groups in total. The molecule has 2 rings (SSSR count). The van der Waals surface area contributed by atoms with E-state index in [0.29, 0.717) is 19.0 Å². The zero-order valence-corrected chi connectivity index (χ0v) is 11.3. The molecule has 0 saturated carbocycles. The van der Waals surface area contributed by atoms with Crippen LogP contribution in [0.5, 0.6) is 0 Å². The van der Waals surface area contributed by atoms with Crippen LogP contribution in [0.2, 0.25) is 0 Å². The number of nitrogens with zero attached hydrogens (tertiary/aromatic N) is 2. The Bertz CT molecular complexity index is 502. The molecule has 1 aromatic heterocycles. The first-order valence-corrected chi connectivity index (χ1v) is 7.85. The second kappa shape index (κ2) is 4.82. The van der Waals surface area contributed by atoms with Crippen LogP contribution in [-0.4, -0.2) is 38.0 Å². The summed E-state index contributed by atoms with van der Waals surface area (Å²) in [6.45, 7) is 2.96. The van der Waals surface area contributed by atoms with Crippen LogP contribution < -0.4 is 4.90 Å². The van der Waals surface area contributed by atoms with Crippen LogP contribution >= 0.6 is 11.6 Å². The Labute approximate surface area is 107 Å². The van der Waals surface area contributed by atoms with Gasteiger partial charge in [-0.3, -0.25) is 0 Å². The molecule has 0 amide bonds. The molecule has 94 valence electrons. The predicted molar refractivity (Wildman–Crippen MR) is 69.4 cm³/mol. The van der Waals surface area contributed by atoms with Gasteiger partial charge in [-0.1, -0.05) is 6.07 Å². The third-order valence-electron chi connectivity index (χ3n) is 2.99. The van der Waals surface area contributed by atoms with Gasteiger partial charge in [-0.15, -0.1) is 11.6 Å². The number of hydrogen-bond donors (Lipinski definition) is 0. The van der Waals surface area contributed by atoms with E-state index in [2.05, 4.69) is 4.98 Å². The minimum Gasteiger partial charge on any atom is -0.355 e. The van der Waals surface area contributed by atoms with Crippen molar-refractivity contribution in [2.24, 2.45) is 0 Å². The fourth-order valence-corrected chi connectivity index (χ4v) is 3.32. The highest BCUT2D eigenvalue weighted by molar-refractivity contribution is 7.91. The zero-order valence-electron chi connectivity index (χ0n) is 9.69. The fraction of sp³-hybridized carbons (Fsp3) is 0.545. The summed E-state index contributed by atoms with van der Waals surface area (Å²) in [6, 6.07) is 3.86. The van der Waals surface area contributed by atoms with E-state index in [4.69, 9.17) is 11.6 Å². The quantitative estimate of drug-likeness (QED) is 0.764. The van der Waals surface area contributed by atoms with Crippen molar-refractivity contribution in [1.82, 2.24) is 4.98 Å². The maximum atomic E-state index is 11.3. The smallest absolute Gasteiger partial charge is 0.153 e. The van der Waals surface area contributed by atoms with Crippen molar-refractivity contribution in [3.05, 3.63) is 23.4 Å². The van der Waals surface area contributed by atoms with E-state index in [1.807, 2.05) is 24.0 Å². The lowest BCUT2D eigenvalue weighted by Crippen LogP contribution is -2.40. The summed E-state index contributed by atoms with van der Waals surface area (Å²) in [7, 11) is -2.84. The number of aromatic nitrogens is 1. The molecule has 1 aromatic rings. The van der Waals surface area contributed by atoms with Crippen LogP contribution in [0.25, 0.3) is 0 Å². The van der Waals surface area contributed by atoms with Gasteiger partial charge in [0.1, 0.15) is 5.82 Å². The van der Waals surface area contributed by atoms with Crippen LogP contribution in [0, 0.1) is 6.92 Å². The van der Waals surface area contributed by atoms with Crippen LogP contribution in [0.15, 0.2) is 12.1 Å². The Hall–Kier alpha value is -0.810. The van der Waals surface area contributed by atoms with E-state index in [0.717, 1.165) is 17.1 Å². The summed E-state index contributed by atoms with van der Waals surface area (Å²) in [4.78, 5) is 6.47. The van der Waals surface area contributed by atoms with E-state index in [-0.39, 0.29) is 11.5 Å². The summed E-state index contributed by atoms with van der Waals surface area (Å²) in [5.74, 6) is 1.72. The number of sulfone groups is 1. The molecule has 0 atom stereocenters. The van der Waals surface area contributed by atoms with Gasteiger partial charge in [0.05, 0.1) is 11.5 Å². The summed E-state index contributed by atoms with van der Waals surface area (Å²) in [5.41, 5.74) is 1.92. The van der Waals surface area contributed by atoms with Gasteiger partial charge in [0, 0.05) is 24.7 Å². The highest BCUT2D eigenvalue weighted by atomic mass is 35.5. The van der Waals surface area contributed by atoms with E-state index >= 15 is 0 Å². The number of aryl methyl sites for hydroxylation is 1. The highest BCUT2D eigenvalue weighted by Gasteiger charge is 2.22. The van der Waals surface area contributed by atoms with Crippen molar-refractivity contribution in [2.45, 2.75) is 12.8 Å². The van der Waals surface area contributed by atoms with E-state index in [1.54, 1.807) is 0 Å². The molecule has 1 saturated heterocycles. The number of alkyl halides is 1. The summed E-state index contributed by atoms with van der Waals surface area (Å²) < 4.78 is 22.7. The lowest BCUT2D eigenvalue weighted by atomic mass is 10.2. The van der Waals surface area contributed by atoms with Crippen LogP contribution in [0.4, 0.5) is 5.82 Å². The van der Waals surface area contributed by atoms with Gasteiger partial charge in [-0.05, 0) is 18.6 Å². The van der Waals surface area contributed by atoms with Crippen molar-refractivity contribution in [2.75, 3.05) is 29.5 Å². The average Bonchev–Trinajstić information content (AvgIpc) is 2.29. The molecule has 6 heteroatoms.